The quantitative estimate of drug-likeness (QED) is 0.773. The number of rotatable bonds is 5. The van der Waals surface area contributed by atoms with Crippen molar-refractivity contribution in [2.75, 3.05) is 4.72 Å². The smallest absolute Gasteiger partial charge is 0.262 e. The molecule has 1 N–H and O–H groups in total. The highest BCUT2D eigenvalue weighted by Gasteiger charge is 2.18. The van der Waals surface area contributed by atoms with Crippen molar-refractivity contribution < 1.29 is 8.42 Å². The van der Waals surface area contributed by atoms with Crippen LogP contribution in [0.5, 0.6) is 0 Å². The molecule has 0 saturated heterocycles. The predicted molar refractivity (Wildman–Crippen MR) is 85.8 cm³/mol. The van der Waals surface area contributed by atoms with Crippen molar-refractivity contribution in [3.8, 4) is 5.82 Å². The van der Waals surface area contributed by atoms with Crippen LogP contribution in [-0.2, 0) is 16.4 Å². The van der Waals surface area contributed by atoms with Crippen molar-refractivity contribution >= 4 is 15.7 Å². The van der Waals surface area contributed by atoms with Gasteiger partial charge in [-0.15, -0.1) is 0 Å². The molecule has 1 aromatic carbocycles. The van der Waals surface area contributed by atoms with E-state index in [1.807, 2.05) is 13.0 Å². The van der Waals surface area contributed by atoms with Gasteiger partial charge >= 0.3 is 0 Å². The summed E-state index contributed by atoms with van der Waals surface area (Å²) in [6, 6.07) is 8.55. The van der Waals surface area contributed by atoms with Crippen LogP contribution in [0.25, 0.3) is 5.82 Å². The molecular formula is C15H15N5O2S. The Morgan fingerprint density at radius 3 is 2.87 bits per heavy atom. The lowest BCUT2D eigenvalue weighted by molar-refractivity contribution is 0.601. The number of nitrogens with zero attached hydrogens (tertiary/aromatic N) is 4. The Bertz CT molecular complexity index is 907. The third-order valence-electron chi connectivity index (χ3n) is 3.27. The summed E-state index contributed by atoms with van der Waals surface area (Å²) in [6.07, 6.45) is 6.77. The summed E-state index contributed by atoms with van der Waals surface area (Å²) >= 11 is 0. The molecule has 0 spiro atoms. The largest absolute Gasteiger partial charge is 0.274 e. The van der Waals surface area contributed by atoms with Gasteiger partial charge in [-0.2, -0.15) is 5.10 Å². The van der Waals surface area contributed by atoms with E-state index in [9.17, 15) is 8.42 Å². The van der Waals surface area contributed by atoms with E-state index in [1.165, 1.54) is 17.2 Å². The molecule has 0 fully saturated rings. The molecule has 0 aliphatic heterocycles. The minimum atomic E-state index is -3.73. The van der Waals surface area contributed by atoms with E-state index in [1.54, 1.807) is 36.7 Å². The van der Waals surface area contributed by atoms with E-state index in [-0.39, 0.29) is 10.6 Å². The van der Waals surface area contributed by atoms with E-state index in [4.69, 9.17) is 0 Å². The fraction of sp³-hybridized carbons (Fsp3) is 0.133. The number of aryl methyl sites for hydroxylation is 1. The number of aromatic nitrogens is 4. The molecule has 7 nitrogen and oxygen atoms in total. The van der Waals surface area contributed by atoms with Gasteiger partial charge in [0.25, 0.3) is 10.0 Å². The molecule has 8 heteroatoms. The van der Waals surface area contributed by atoms with Crippen LogP contribution in [0.3, 0.4) is 0 Å². The van der Waals surface area contributed by atoms with Gasteiger partial charge in [-0.1, -0.05) is 19.1 Å². The Hall–Kier alpha value is -2.74. The molecule has 0 bridgehead atoms. The van der Waals surface area contributed by atoms with Crippen molar-refractivity contribution in [1.82, 2.24) is 19.7 Å². The molecule has 3 aromatic rings. The second-order valence-electron chi connectivity index (χ2n) is 4.82. The SMILES string of the molecule is CCc1cccc(S(=O)(=O)Nc2cncnc2-n2cccn2)c1. The summed E-state index contributed by atoms with van der Waals surface area (Å²) in [4.78, 5) is 8.18. The van der Waals surface area contributed by atoms with E-state index in [0.717, 1.165) is 12.0 Å². The second kappa shape index (κ2) is 6.17. The van der Waals surface area contributed by atoms with Crippen LogP contribution < -0.4 is 4.72 Å². The molecule has 118 valence electrons. The average molecular weight is 329 g/mol. The summed E-state index contributed by atoms with van der Waals surface area (Å²) in [5.74, 6) is 0.361. The van der Waals surface area contributed by atoms with Crippen LogP contribution in [0, 0.1) is 0 Å². The average Bonchev–Trinajstić information content (AvgIpc) is 3.09. The third kappa shape index (κ3) is 3.21. The van der Waals surface area contributed by atoms with E-state index in [2.05, 4.69) is 19.8 Å². The van der Waals surface area contributed by atoms with Gasteiger partial charge < -0.3 is 0 Å². The topological polar surface area (TPSA) is 89.8 Å². The first-order valence-corrected chi connectivity index (χ1v) is 8.50. The van der Waals surface area contributed by atoms with Crippen molar-refractivity contribution in [3.63, 3.8) is 0 Å². The second-order valence-corrected chi connectivity index (χ2v) is 6.50. The predicted octanol–water partition coefficient (Wildman–Crippen LogP) is 2.03. The highest BCUT2D eigenvalue weighted by atomic mass is 32.2. The molecule has 0 unspecified atom stereocenters. The maximum atomic E-state index is 12.6. The standard InChI is InChI=1S/C15H15N5O2S/c1-2-12-5-3-6-13(9-12)23(21,22)19-14-10-16-11-17-15(14)20-8-4-7-18-20/h3-11,19H,2H2,1H3. The first-order chi connectivity index (χ1) is 11.1. The van der Waals surface area contributed by atoms with Crippen LogP contribution in [-0.4, -0.2) is 28.2 Å². The first-order valence-electron chi connectivity index (χ1n) is 7.02. The molecule has 3 rings (SSSR count). The molecule has 23 heavy (non-hydrogen) atoms. The number of nitrogens with one attached hydrogen (secondary N) is 1. The van der Waals surface area contributed by atoms with Crippen molar-refractivity contribution in [1.29, 1.82) is 0 Å². The minimum absolute atomic E-state index is 0.201. The Morgan fingerprint density at radius 2 is 2.13 bits per heavy atom. The summed E-state index contributed by atoms with van der Waals surface area (Å²) < 4.78 is 29.2. The fourth-order valence-corrected chi connectivity index (χ4v) is 3.22. The van der Waals surface area contributed by atoms with E-state index < -0.39 is 10.0 Å². The highest BCUT2D eigenvalue weighted by Crippen LogP contribution is 2.20. The van der Waals surface area contributed by atoms with E-state index in [0.29, 0.717) is 5.82 Å². The number of hydrogen-bond acceptors (Lipinski definition) is 5. The number of sulfonamides is 1. The molecule has 0 aliphatic carbocycles. The molecule has 0 amide bonds. The lowest BCUT2D eigenvalue weighted by Crippen LogP contribution is -2.16. The zero-order chi connectivity index (χ0) is 16.3. The van der Waals surface area contributed by atoms with Crippen LogP contribution in [0.2, 0.25) is 0 Å². The zero-order valence-corrected chi connectivity index (χ0v) is 13.2. The van der Waals surface area contributed by atoms with Crippen LogP contribution >= 0.6 is 0 Å². The number of hydrogen-bond donors (Lipinski definition) is 1. The summed E-state index contributed by atoms with van der Waals surface area (Å²) in [6.45, 7) is 1.97. The Balaban J connectivity index is 1.98. The molecular weight excluding hydrogens is 314 g/mol. The Morgan fingerprint density at radius 1 is 1.26 bits per heavy atom. The molecule has 2 heterocycles. The van der Waals surface area contributed by atoms with Crippen molar-refractivity contribution in [3.05, 3.63) is 60.8 Å². The maximum Gasteiger partial charge on any atom is 0.262 e. The summed E-state index contributed by atoms with van der Waals surface area (Å²) in [5.41, 5.74) is 1.21. The molecule has 0 saturated carbocycles. The monoisotopic (exact) mass is 329 g/mol. The van der Waals surface area contributed by atoms with Crippen LogP contribution in [0.1, 0.15) is 12.5 Å². The van der Waals surface area contributed by atoms with Gasteiger partial charge in [0.2, 0.25) is 0 Å². The fourth-order valence-electron chi connectivity index (χ4n) is 2.11. The van der Waals surface area contributed by atoms with Gasteiger partial charge in [0, 0.05) is 12.4 Å². The molecule has 0 atom stereocenters. The van der Waals surface area contributed by atoms with Gasteiger partial charge in [0.15, 0.2) is 5.82 Å². The van der Waals surface area contributed by atoms with Gasteiger partial charge in [-0.05, 0) is 30.2 Å². The maximum absolute atomic E-state index is 12.6. The van der Waals surface area contributed by atoms with Crippen LogP contribution in [0.4, 0.5) is 5.69 Å². The summed E-state index contributed by atoms with van der Waals surface area (Å²) in [7, 11) is -3.73. The molecule has 2 aromatic heterocycles. The van der Waals surface area contributed by atoms with Gasteiger partial charge in [0.05, 0.1) is 11.1 Å². The van der Waals surface area contributed by atoms with Gasteiger partial charge in [-0.25, -0.2) is 23.1 Å². The van der Waals surface area contributed by atoms with Gasteiger partial charge in [0.1, 0.15) is 12.0 Å². The van der Waals surface area contributed by atoms with E-state index >= 15 is 0 Å². The first kappa shape index (κ1) is 15.2. The zero-order valence-electron chi connectivity index (χ0n) is 12.4. The van der Waals surface area contributed by atoms with Crippen molar-refractivity contribution in [2.45, 2.75) is 18.2 Å². The lowest BCUT2D eigenvalue weighted by Gasteiger charge is -2.11. The Labute approximate surface area is 134 Å². The molecule has 0 aliphatic rings. The molecule has 0 radical (unpaired) electrons. The lowest BCUT2D eigenvalue weighted by atomic mass is 10.2. The van der Waals surface area contributed by atoms with Crippen molar-refractivity contribution in [2.24, 2.45) is 0 Å². The van der Waals surface area contributed by atoms with Gasteiger partial charge in [-0.3, -0.25) is 4.72 Å². The third-order valence-corrected chi connectivity index (χ3v) is 4.64. The number of anilines is 1. The highest BCUT2D eigenvalue weighted by molar-refractivity contribution is 7.92. The summed E-state index contributed by atoms with van der Waals surface area (Å²) in [5, 5.41) is 4.07. The minimum Gasteiger partial charge on any atom is -0.274 e. The number of benzene rings is 1. The normalized spacial score (nSPS) is 11.3. The Kier molecular flexibility index (Phi) is 4.07. The van der Waals surface area contributed by atoms with Crippen LogP contribution in [0.15, 0.2) is 60.1 Å².